The number of methoxy groups -OCH3 is 1. The third-order valence-electron chi connectivity index (χ3n) is 3.34. The maximum Gasteiger partial charge on any atom is 0.317 e. The first kappa shape index (κ1) is 16.6. The Labute approximate surface area is 126 Å². The van der Waals surface area contributed by atoms with Crippen LogP contribution < -0.4 is 15.4 Å². The molecule has 0 saturated carbocycles. The van der Waals surface area contributed by atoms with Gasteiger partial charge in [0.25, 0.3) is 0 Å². The second-order valence-corrected chi connectivity index (χ2v) is 4.68. The van der Waals surface area contributed by atoms with Crippen LogP contribution in [0.4, 0.5) is 4.79 Å². The van der Waals surface area contributed by atoms with E-state index in [0.717, 1.165) is 37.5 Å². The van der Waals surface area contributed by atoms with Gasteiger partial charge < -0.3 is 20.3 Å². The molecule has 1 fully saturated rings. The van der Waals surface area contributed by atoms with E-state index in [0.29, 0.717) is 0 Å². The molecular weight excluding hydrogens is 278 g/mol. The maximum atomic E-state index is 12.1. The summed E-state index contributed by atoms with van der Waals surface area (Å²) in [7, 11) is 1.64. The molecule has 6 heteroatoms. The van der Waals surface area contributed by atoms with Crippen molar-refractivity contribution in [3.8, 4) is 5.75 Å². The van der Waals surface area contributed by atoms with Crippen LogP contribution in [-0.2, 0) is 0 Å². The zero-order valence-electron chi connectivity index (χ0n) is 11.9. The summed E-state index contributed by atoms with van der Waals surface area (Å²) in [5, 5.41) is 6.25. The quantitative estimate of drug-likeness (QED) is 0.895. The average molecular weight is 300 g/mol. The van der Waals surface area contributed by atoms with Crippen LogP contribution in [0.25, 0.3) is 0 Å². The topological polar surface area (TPSA) is 53.6 Å². The van der Waals surface area contributed by atoms with E-state index >= 15 is 0 Å². The van der Waals surface area contributed by atoms with E-state index < -0.39 is 0 Å². The molecule has 0 bridgehead atoms. The van der Waals surface area contributed by atoms with Crippen molar-refractivity contribution in [2.24, 2.45) is 0 Å². The van der Waals surface area contributed by atoms with Gasteiger partial charge in [-0.15, -0.1) is 12.4 Å². The monoisotopic (exact) mass is 299 g/mol. The van der Waals surface area contributed by atoms with E-state index in [9.17, 15) is 4.79 Å². The normalized spacial score (nSPS) is 16.0. The lowest BCUT2D eigenvalue weighted by molar-refractivity contribution is 0.187. The van der Waals surface area contributed by atoms with Crippen LogP contribution in [0.2, 0.25) is 0 Å². The lowest BCUT2D eigenvalue weighted by atomic mass is 10.1. The highest BCUT2D eigenvalue weighted by Crippen LogP contribution is 2.18. The molecule has 1 unspecified atom stereocenters. The molecule has 1 heterocycles. The second-order valence-electron chi connectivity index (χ2n) is 4.68. The van der Waals surface area contributed by atoms with Gasteiger partial charge in [0.2, 0.25) is 0 Å². The minimum atomic E-state index is -0.0301. The van der Waals surface area contributed by atoms with Crippen LogP contribution in [0, 0.1) is 0 Å². The minimum absolute atomic E-state index is 0. The van der Waals surface area contributed by atoms with Gasteiger partial charge in [-0.2, -0.15) is 0 Å². The number of amides is 2. The Hall–Kier alpha value is -1.46. The number of nitrogens with one attached hydrogen (secondary N) is 2. The summed E-state index contributed by atoms with van der Waals surface area (Å²) >= 11 is 0. The van der Waals surface area contributed by atoms with Gasteiger partial charge in [0.1, 0.15) is 5.75 Å². The number of hydrogen-bond acceptors (Lipinski definition) is 3. The van der Waals surface area contributed by atoms with E-state index in [-0.39, 0.29) is 24.5 Å². The summed E-state index contributed by atoms with van der Waals surface area (Å²) in [4.78, 5) is 13.9. The van der Waals surface area contributed by atoms with Crippen LogP contribution in [-0.4, -0.2) is 44.2 Å². The molecule has 1 aliphatic heterocycles. The Morgan fingerprint density at radius 2 is 2.10 bits per heavy atom. The van der Waals surface area contributed by atoms with Gasteiger partial charge in [-0.1, -0.05) is 12.1 Å². The largest absolute Gasteiger partial charge is 0.497 e. The Kier molecular flexibility index (Phi) is 6.61. The molecule has 0 aromatic heterocycles. The number of halogens is 1. The lowest BCUT2D eigenvalue weighted by Gasteiger charge is -2.29. The molecule has 2 amide bonds. The van der Waals surface area contributed by atoms with Crippen molar-refractivity contribution in [2.75, 3.05) is 33.3 Å². The Morgan fingerprint density at radius 3 is 2.75 bits per heavy atom. The number of nitrogens with zero attached hydrogens (tertiary/aromatic N) is 1. The molecule has 1 saturated heterocycles. The first-order valence-corrected chi connectivity index (χ1v) is 6.61. The van der Waals surface area contributed by atoms with Gasteiger partial charge >= 0.3 is 6.03 Å². The van der Waals surface area contributed by atoms with Crippen LogP contribution in [0.5, 0.6) is 5.75 Å². The molecule has 20 heavy (non-hydrogen) atoms. The summed E-state index contributed by atoms with van der Waals surface area (Å²) in [6.45, 7) is 5.23. The number of piperazine rings is 1. The van der Waals surface area contributed by atoms with Crippen molar-refractivity contribution in [1.29, 1.82) is 0 Å². The first-order valence-electron chi connectivity index (χ1n) is 6.61. The molecule has 5 nitrogen and oxygen atoms in total. The van der Waals surface area contributed by atoms with Crippen LogP contribution in [0.1, 0.15) is 18.5 Å². The van der Waals surface area contributed by atoms with Crippen molar-refractivity contribution >= 4 is 18.4 Å². The summed E-state index contributed by atoms with van der Waals surface area (Å²) in [5.74, 6) is 0.806. The number of hydrogen-bond donors (Lipinski definition) is 2. The molecule has 2 rings (SSSR count). The number of urea groups is 1. The lowest BCUT2D eigenvalue weighted by Crippen LogP contribution is -2.50. The number of ether oxygens (including phenoxy) is 1. The van der Waals surface area contributed by atoms with Crippen LogP contribution >= 0.6 is 12.4 Å². The van der Waals surface area contributed by atoms with Crippen molar-refractivity contribution in [1.82, 2.24) is 15.5 Å². The number of benzene rings is 1. The predicted molar refractivity (Wildman–Crippen MR) is 81.6 cm³/mol. The standard InChI is InChI=1S/C14H21N3O2.ClH/c1-11(12-4-3-5-13(10-12)19-2)16-14(18)17-8-6-15-7-9-17;/h3-5,10-11,15H,6-9H2,1-2H3,(H,16,18);1H. The Morgan fingerprint density at radius 1 is 1.40 bits per heavy atom. The average Bonchev–Trinajstić information content (AvgIpc) is 2.48. The van der Waals surface area contributed by atoms with E-state index in [2.05, 4.69) is 10.6 Å². The van der Waals surface area contributed by atoms with Crippen molar-refractivity contribution in [3.63, 3.8) is 0 Å². The Balaban J connectivity index is 0.00000200. The van der Waals surface area contributed by atoms with Crippen molar-refractivity contribution < 1.29 is 9.53 Å². The molecule has 1 aromatic carbocycles. The van der Waals surface area contributed by atoms with Gasteiger partial charge in [0.05, 0.1) is 13.2 Å². The molecule has 0 aliphatic carbocycles. The molecule has 2 N–H and O–H groups in total. The molecule has 0 spiro atoms. The van der Waals surface area contributed by atoms with Gasteiger partial charge in [-0.05, 0) is 24.6 Å². The molecule has 112 valence electrons. The SMILES string of the molecule is COc1cccc(C(C)NC(=O)N2CCNCC2)c1.Cl. The summed E-state index contributed by atoms with van der Waals surface area (Å²) in [6.07, 6.45) is 0. The fourth-order valence-corrected chi connectivity index (χ4v) is 2.14. The fraction of sp³-hybridized carbons (Fsp3) is 0.500. The zero-order chi connectivity index (χ0) is 13.7. The van der Waals surface area contributed by atoms with Crippen molar-refractivity contribution in [2.45, 2.75) is 13.0 Å². The van der Waals surface area contributed by atoms with E-state index in [1.807, 2.05) is 36.1 Å². The molecular formula is C14H22ClN3O2. The smallest absolute Gasteiger partial charge is 0.317 e. The minimum Gasteiger partial charge on any atom is -0.497 e. The molecule has 1 aliphatic rings. The van der Waals surface area contributed by atoms with Gasteiger partial charge in [-0.25, -0.2) is 4.79 Å². The highest BCUT2D eigenvalue weighted by molar-refractivity contribution is 5.85. The van der Waals surface area contributed by atoms with E-state index in [4.69, 9.17) is 4.74 Å². The van der Waals surface area contributed by atoms with Gasteiger partial charge in [0, 0.05) is 26.2 Å². The molecule has 1 atom stereocenters. The zero-order valence-corrected chi connectivity index (χ0v) is 12.7. The van der Waals surface area contributed by atoms with Crippen LogP contribution in [0.15, 0.2) is 24.3 Å². The first-order chi connectivity index (χ1) is 9.20. The van der Waals surface area contributed by atoms with Gasteiger partial charge in [0.15, 0.2) is 0 Å². The number of rotatable bonds is 3. The second kappa shape index (κ2) is 7.97. The van der Waals surface area contributed by atoms with E-state index in [1.54, 1.807) is 7.11 Å². The molecule has 0 radical (unpaired) electrons. The number of carbonyl (C=O) groups is 1. The van der Waals surface area contributed by atoms with Crippen molar-refractivity contribution in [3.05, 3.63) is 29.8 Å². The van der Waals surface area contributed by atoms with Crippen LogP contribution in [0.3, 0.4) is 0 Å². The molecule has 1 aromatic rings. The van der Waals surface area contributed by atoms with E-state index in [1.165, 1.54) is 0 Å². The number of carbonyl (C=O) groups excluding carboxylic acids is 1. The Bertz CT molecular complexity index is 436. The summed E-state index contributed by atoms with van der Waals surface area (Å²) < 4.78 is 5.19. The maximum absolute atomic E-state index is 12.1. The fourth-order valence-electron chi connectivity index (χ4n) is 2.14. The summed E-state index contributed by atoms with van der Waals surface area (Å²) in [6, 6.07) is 7.73. The predicted octanol–water partition coefficient (Wildman–Crippen LogP) is 1.79. The third kappa shape index (κ3) is 4.28. The highest BCUT2D eigenvalue weighted by atomic mass is 35.5. The summed E-state index contributed by atoms with van der Waals surface area (Å²) in [5.41, 5.74) is 1.04. The highest BCUT2D eigenvalue weighted by Gasteiger charge is 2.18. The van der Waals surface area contributed by atoms with Gasteiger partial charge in [-0.3, -0.25) is 0 Å². The third-order valence-corrected chi connectivity index (χ3v) is 3.34.